The van der Waals surface area contributed by atoms with Crippen LogP contribution in [0, 0.1) is 5.92 Å². The highest BCUT2D eigenvalue weighted by molar-refractivity contribution is 6.32. The van der Waals surface area contributed by atoms with Gasteiger partial charge in [0.1, 0.15) is 19.0 Å². The Labute approximate surface area is 157 Å². The number of rotatable bonds is 5. The topological polar surface area (TPSA) is 56.8 Å². The van der Waals surface area contributed by atoms with Gasteiger partial charge in [-0.3, -0.25) is 4.79 Å². The highest BCUT2D eigenvalue weighted by Gasteiger charge is 2.34. The van der Waals surface area contributed by atoms with E-state index in [0.717, 1.165) is 24.2 Å². The lowest BCUT2D eigenvalue weighted by Crippen LogP contribution is -2.30. The molecule has 0 radical (unpaired) electrons. The van der Waals surface area contributed by atoms with Gasteiger partial charge in [0, 0.05) is 5.56 Å². The van der Waals surface area contributed by atoms with Gasteiger partial charge in [0.25, 0.3) is 5.91 Å². The van der Waals surface area contributed by atoms with Crippen LogP contribution in [-0.2, 0) is 0 Å². The number of hydrogen-bond acceptors (Lipinski definition) is 4. The SMILES string of the molecule is COc1ccc(C(NC(=O)c2cc(Cl)c3c(c2)OCCO3)C2CC2)cc1. The van der Waals surface area contributed by atoms with E-state index >= 15 is 0 Å². The minimum Gasteiger partial charge on any atom is -0.497 e. The minimum absolute atomic E-state index is 0.0274. The molecular formula is C20H20ClNO4. The van der Waals surface area contributed by atoms with E-state index in [-0.39, 0.29) is 11.9 Å². The molecule has 1 aliphatic carbocycles. The fourth-order valence-electron chi connectivity index (χ4n) is 3.18. The number of carbonyl (C=O) groups excluding carboxylic acids is 1. The molecule has 1 unspecified atom stereocenters. The third kappa shape index (κ3) is 3.44. The molecule has 0 spiro atoms. The Hall–Kier alpha value is -2.40. The maximum atomic E-state index is 12.8. The van der Waals surface area contributed by atoms with Crippen molar-refractivity contribution in [3.63, 3.8) is 0 Å². The molecule has 2 aromatic carbocycles. The Bertz CT molecular complexity index is 817. The van der Waals surface area contributed by atoms with Crippen molar-refractivity contribution in [1.82, 2.24) is 5.32 Å². The van der Waals surface area contributed by atoms with E-state index in [1.54, 1.807) is 19.2 Å². The summed E-state index contributed by atoms with van der Waals surface area (Å²) >= 11 is 6.25. The van der Waals surface area contributed by atoms with Gasteiger partial charge in [-0.05, 0) is 48.6 Å². The van der Waals surface area contributed by atoms with Gasteiger partial charge >= 0.3 is 0 Å². The Kier molecular flexibility index (Phi) is 4.64. The van der Waals surface area contributed by atoms with Crippen molar-refractivity contribution in [3.8, 4) is 17.2 Å². The first kappa shape index (κ1) is 17.0. The summed E-state index contributed by atoms with van der Waals surface area (Å²) in [5.74, 6) is 2.11. The molecule has 136 valence electrons. The van der Waals surface area contributed by atoms with Gasteiger partial charge in [0.15, 0.2) is 11.5 Å². The number of fused-ring (bicyclic) bond motifs is 1. The highest BCUT2D eigenvalue weighted by Crippen LogP contribution is 2.42. The molecule has 2 aliphatic rings. The minimum atomic E-state index is -0.170. The van der Waals surface area contributed by atoms with Gasteiger partial charge in [0.05, 0.1) is 18.2 Å². The lowest BCUT2D eigenvalue weighted by molar-refractivity contribution is 0.0930. The standard InChI is InChI=1S/C20H20ClNO4/c1-24-15-6-4-13(5-7-15)18(12-2-3-12)22-20(23)14-10-16(21)19-17(11-14)25-8-9-26-19/h4-7,10-12,18H,2-3,8-9H2,1H3,(H,22,23). The molecule has 6 heteroatoms. The number of halogens is 1. The summed E-state index contributed by atoms with van der Waals surface area (Å²) in [5, 5.41) is 3.54. The van der Waals surface area contributed by atoms with Crippen molar-refractivity contribution in [2.24, 2.45) is 5.92 Å². The lowest BCUT2D eigenvalue weighted by atomic mass is 10.0. The second-order valence-electron chi connectivity index (χ2n) is 6.54. The molecule has 1 saturated carbocycles. The average molecular weight is 374 g/mol. The average Bonchev–Trinajstić information content (AvgIpc) is 3.51. The zero-order chi connectivity index (χ0) is 18.1. The number of ether oxygens (including phenoxy) is 3. The van der Waals surface area contributed by atoms with Crippen molar-refractivity contribution in [1.29, 1.82) is 0 Å². The normalized spacial score (nSPS) is 16.7. The van der Waals surface area contributed by atoms with E-state index < -0.39 is 0 Å². The number of amides is 1. The Morgan fingerprint density at radius 2 is 1.92 bits per heavy atom. The van der Waals surface area contributed by atoms with Gasteiger partial charge in [-0.1, -0.05) is 23.7 Å². The van der Waals surface area contributed by atoms with E-state index in [9.17, 15) is 4.79 Å². The highest BCUT2D eigenvalue weighted by atomic mass is 35.5. The molecule has 26 heavy (non-hydrogen) atoms. The molecular weight excluding hydrogens is 354 g/mol. The van der Waals surface area contributed by atoms with E-state index in [0.29, 0.717) is 41.2 Å². The molecule has 1 aliphatic heterocycles. The van der Waals surface area contributed by atoms with Gasteiger partial charge in [0.2, 0.25) is 0 Å². The van der Waals surface area contributed by atoms with Gasteiger partial charge in [-0.15, -0.1) is 0 Å². The van der Waals surface area contributed by atoms with Crippen molar-refractivity contribution >= 4 is 17.5 Å². The first-order valence-corrected chi connectivity index (χ1v) is 9.07. The van der Waals surface area contributed by atoms with E-state index in [2.05, 4.69) is 5.32 Å². The molecule has 0 bridgehead atoms. The van der Waals surface area contributed by atoms with Crippen LogP contribution in [0.25, 0.3) is 0 Å². The summed E-state index contributed by atoms with van der Waals surface area (Å²) in [6.07, 6.45) is 2.22. The third-order valence-electron chi connectivity index (χ3n) is 4.71. The predicted molar refractivity (Wildman–Crippen MR) is 98.4 cm³/mol. The van der Waals surface area contributed by atoms with Crippen molar-refractivity contribution in [3.05, 3.63) is 52.5 Å². The molecule has 4 rings (SSSR count). The third-order valence-corrected chi connectivity index (χ3v) is 4.99. The van der Waals surface area contributed by atoms with Crippen molar-refractivity contribution in [2.45, 2.75) is 18.9 Å². The lowest BCUT2D eigenvalue weighted by Gasteiger charge is -2.22. The fourth-order valence-corrected chi connectivity index (χ4v) is 3.45. The molecule has 5 nitrogen and oxygen atoms in total. The molecule has 1 N–H and O–H groups in total. The van der Waals surface area contributed by atoms with Crippen LogP contribution in [0.15, 0.2) is 36.4 Å². The molecule has 0 aromatic heterocycles. The summed E-state index contributed by atoms with van der Waals surface area (Å²) in [4.78, 5) is 12.8. The largest absolute Gasteiger partial charge is 0.497 e. The molecule has 0 saturated heterocycles. The first-order chi connectivity index (χ1) is 12.7. The zero-order valence-electron chi connectivity index (χ0n) is 14.5. The van der Waals surface area contributed by atoms with Crippen molar-refractivity contribution < 1.29 is 19.0 Å². The number of methoxy groups -OCH3 is 1. The zero-order valence-corrected chi connectivity index (χ0v) is 15.2. The molecule has 1 amide bonds. The van der Waals surface area contributed by atoms with Crippen LogP contribution in [0.2, 0.25) is 5.02 Å². The number of nitrogens with one attached hydrogen (secondary N) is 1. The van der Waals surface area contributed by atoms with Crippen LogP contribution in [0.5, 0.6) is 17.2 Å². The Balaban J connectivity index is 1.56. The maximum absolute atomic E-state index is 12.8. The van der Waals surface area contributed by atoms with Crippen LogP contribution in [0.3, 0.4) is 0 Å². The molecule has 1 heterocycles. The van der Waals surface area contributed by atoms with Crippen LogP contribution in [0.1, 0.15) is 34.8 Å². The summed E-state index contributed by atoms with van der Waals surface area (Å²) < 4.78 is 16.3. The molecule has 1 fully saturated rings. The van der Waals surface area contributed by atoms with E-state index in [1.807, 2.05) is 24.3 Å². The van der Waals surface area contributed by atoms with Crippen LogP contribution in [0.4, 0.5) is 0 Å². The smallest absolute Gasteiger partial charge is 0.251 e. The quantitative estimate of drug-likeness (QED) is 0.860. The van der Waals surface area contributed by atoms with Crippen molar-refractivity contribution in [2.75, 3.05) is 20.3 Å². The van der Waals surface area contributed by atoms with Crippen LogP contribution >= 0.6 is 11.6 Å². The van der Waals surface area contributed by atoms with Crippen LogP contribution in [-0.4, -0.2) is 26.2 Å². The Morgan fingerprint density at radius 3 is 2.62 bits per heavy atom. The number of hydrogen-bond donors (Lipinski definition) is 1. The summed E-state index contributed by atoms with van der Waals surface area (Å²) in [6, 6.07) is 11.1. The summed E-state index contributed by atoms with van der Waals surface area (Å²) in [7, 11) is 1.64. The molecule has 2 aromatic rings. The van der Waals surface area contributed by atoms with Crippen LogP contribution < -0.4 is 19.5 Å². The van der Waals surface area contributed by atoms with Gasteiger partial charge < -0.3 is 19.5 Å². The molecule has 1 atom stereocenters. The second kappa shape index (κ2) is 7.08. The summed E-state index contributed by atoms with van der Waals surface area (Å²) in [6.45, 7) is 0.907. The maximum Gasteiger partial charge on any atom is 0.251 e. The Morgan fingerprint density at radius 1 is 1.19 bits per heavy atom. The first-order valence-electron chi connectivity index (χ1n) is 8.69. The predicted octanol–water partition coefficient (Wildman–Crippen LogP) is 4.00. The van der Waals surface area contributed by atoms with E-state index in [1.165, 1.54) is 0 Å². The fraction of sp³-hybridized carbons (Fsp3) is 0.350. The second-order valence-corrected chi connectivity index (χ2v) is 6.95. The number of carbonyl (C=O) groups is 1. The summed E-state index contributed by atoms with van der Waals surface area (Å²) in [5.41, 5.74) is 1.55. The number of benzene rings is 2. The van der Waals surface area contributed by atoms with Gasteiger partial charge in [-0.25, -0.2) is 0 Å². The van der Waals surface area contributed by atoms with E-state index in [4.69, 9.17) is 25.8 Å². The van der Waals surface area contributed by atoms with Gasteiger partial charge in [-0.2, -0.15) is 0 Å². The monoisotopic (exact) mass is 373 g/mol.